The van der Waals surface area contributed by atoms with Crippen LogP contribution in [0.3, 0.4) is 0 Å². The van der Waals surface area contributed by atoms with E-state index in [2.05, 4.69) is 61.7 Å². The van der Waals surface area contributed by atoms with Gasteiger partial charge in [-0.3, -0.25) is 0 Å². The van der Waals surface area contributed by atoms with Gasteiger partial charge in [-0.2, -0.15) is 0 Å². The van der Waals surface area contributed by atoms with Crippen LogP contribution in [0.25, 0.3) is 12.2 Å². The highest BCUT2D eigenvalue weighted by atomic mass is 16.5. The highest BCUT2D eigenvalue weighted by molar-refractivity contribution is 5.48. The van der Waals surface area contributed by atoms with Gasteiger partial charge in [0.15, 0.2) is 0 Å². The summed E-state index contributed by atoms with van der Waals surface area (Å²) in [6.45, 7) is 15.7. The summed E-state index contributed by atoms with van der Waals surface area (Å²) in [6.07, 6.45) is 4.80. The molecule has 156 valence electrons. The van der Waals surface area contributed by atoms with Gasteiger partial charge in [0.05, 0.1) is 12.2 Å². The van der Waals surface area contributed by atoms with E-state index in [9.17, 15) is 0 Å². The van der Waals surface area contributed by atoms with Crippen LogP contribution in [0.1, 0.15) is 49.9 Å². The number of hydrogen-bond donors (Lipinski definition) is 2. The summed E-state index contributed by atoms with van der Waals surface area (Å²) in [5.74, 6) is 0. The first-order valence-corrected chi connectivity index (χ1v) is 10.2. The third-order valence-electron chi connectivity index (χ3n) is 5.26. The second-order valence-corrected chi connectivity index (χ2v) is 9.06. The summed E-state index contributed by atoms with van der Waals surface area (Å²) in [4.78, 5) is 0. The van der Waals surface area contributed by atoms with Crippen LogP contribution < -0.4 is 11.5 Å². The monoisotopic (exact) mass is 392 g/mol. The Hall–Kier alpha value is -2.20. The van der Waals surface area contributed by atoms with Crippen molar-refractivity contribution in [2.45, 2.75) is 63.8 Å². The van der Waals surface area contributed by atoms with Crippen molar-refractivity contribution in [3.8, 4) is 0 Å². The number of ether oxygens (including phenoxy) is 1. The maximum absolute atomic E-state index is 6.61. The first-order valence-electron chi connectivity index (χ1n) is 10.2. The largest absolute Gasteiger partial charge is 0.371 e. The van der Waals surface area contributed by atoms with E-state index in [0.717, 1.165) is 24.0 Å². The van der Waals surface area contributed by atoms with Gasteiger partial charge in [0.25, 0.3) is 0 Å². The van der Waals surface area contributed by atoms with Crippen LogP contribution >= 0.6 is 0 Å². The van der Waals surface area contributed by atoms with Crippen LogP contribution in [0, 0.1) is 0 Å². The van der Waals surface area contributed by atoms with E-state index in [1.807, 2.05) is 39.8 Å². The molecule has 0 aliphatic rings. The third-order valence-corrected chi connectivity index (χ3v) is 5.26. The fraction of sp³-hybridized carbons (Fsp3) is 0.385. The van der Waals surface area contributed by atoms with Gasteiger partial charge in [-0.05, 0) is 49.9 Å². The molecule has 3 nitrogen and oxygen atoms in total. The third kappa shape index (κ3) is 6.97. The summed E-state index contributed by atoms with van der Waals surface area (Å²) in [5, 5.41) is 0. The van der Waals surface area contributed by atoms with Crippen molar-refractivity contribution in [1.29, 1.82) is 0 Å². The van der Waals surface area contributed by atoms with E-state index in [0.29, 0.717) is 0 Å². The highest BCUT2D eigenvalue weighted by Crippen LogP contribution is 2.24. The molecule has 2 rings (SSSR count). The lowest BCUT2D eigenvalue weighted by Gasteiger charge is -2.39. The Morgan fingerprint density at radius 2 is 1.03 bits per heavy atom. The van der Waals surface area contributed by atoms with Crippen LogP contribution in [0.15, 0.2) is 61.7 Å². The molecule has 0 saturated heterocycles. The average molecular weight is 393 g/mol. The fourth-order valence-corrected chi connectivity index (χ4v) is 3.18. The van der Waals surface area contributed by atoms with E-state index in [1.54, 1.807) is 0 Å². The molecule has 0 saturated carbocycles. The topological polar surface area (TPSA) is 61.3 Å². The van der Waals surface area contributed by atoms with Gasteiger partial charge in [-0.1, -0.05) is 73.8 Å². The standard InChI is InChI=1S/C26H36N2O/c1-7-19-9-13-21(14-10-19)17-23(25(3,4)27)29-24(26(5,6)28)18-22-15-11-20(8-2)12-16-22/h7-16,23-24H,1-2,17-18,27-28H2,3-6H3. The van der Waals surface area contributed by atoms with E-state index in [-0.39, 0.29) is 12.2 Å². The molecular weight excluding hydrogens is 356 g/mol. The molecule has 3 heteroatoms. The lowest BCUT2D eigenvalue weighted by molar-refractivity contribution is -0.0701. The molecule has 2 unspecified atom stereocenters. The normalized spacial score (nSPS) is 14.3. The molecule has 0 aliphatic heterocycles. The number of nitrogens with two attached hydrogens (primary N) is 2. The van der Waals surface area contributed by atoms with Gasteiger partial charge < -0.3 is 16.2 Å². The van der Waals surface area contributed by atoms with Crippen molar-refractivity contribution in [1.82, 2.24) is 0 Å². The molecule has 2 aromatic rings. The summed E-state index contributed by atoms with van der Waals surface area (Å²) < 4.78 is 6.61. The van der Waals surface area contributed by atoms with Crippen molar-refractivity contribution in [2.75, 3.05) is 0 Å². The van der Waals surface area contributed by atoms with Gasteiger partial charge in [0, 0.05) is 23.9 Å². The van der Waals surface area contributed by atoms with Crippen molar-refractivity contribution in [3.63, 3.8) is 0 Å². The predicted molar refractivity (Wildman–Crippen MR) is 126 cm³/mol. The molecule has 0 heterocycles. The van der Waals surface area contributed by atoms with E-state index >= 15 is 0 Å². The Kier molecular flexibility index (Phi) is 7.59. The van der Waals surface area contributed by atoms with Crippen LogP contribution in [0.2, 0.25) is 0 Å². The summed E-state index contributed by atoms with van der Waals surface area (Å²) in [6, 6.07) is 16.7. The molecular formula is C26H36N2O. The first kappa shape index (κ1) is 23.1. The first-order chi connectivity index (χ1) is 13.5. The van der Waals surface area contributed by atoms with Gasteiger partial charge in [-0.25, -0.2) is 0 Å². The molecule has 0 aromatic heterocycles. The van der Waals surface area contributed by atoms with Gasteiger partial charge in [0.1, 0.15) is 0 Å². The Bertz CT molecular complexity index is 723. The molecule has 0 radical (unpaired) electrons. The Labute approximate surface area is 176 Å². The van der Waals surface area contributed by atoms with Crippen molar-refractivity contribution in [2.24, 2.45) is 11.5 Å². The maximum Gasteiger partial charge on any atom is 0.0794 e. The zero-order valence-electron chi connectivity index (χ0n) is 18.3. The minimum Gasteiger partial charge on any atom is -0.371 e. The number of hydrogen-bond acceptors (Lipinski definition) is 3. The van der Waals surface area contributed by atoms with E-state index < -0.39 is 11.1 Å². The van der Waals surface area contributed by atoms with Gasteiger partial charge in [0.2, 0.25) is 0 Å². The molecule has 29 heavy (non-hydrogen) atoms. The quantitative estimate of drug-likeness (QED) is 0.599. The van der Waals surface area contributed by atoms with Crippen LogP contribution in [0.4, 0.5) is 0 Å². The molecule has 4 N–H and O–H groups in total. The fourth-order valence-electron chi connectivity index (χ4n) is 3.18. The minimum absolute atomic E-state index is 0.169. The average Bonchev–Trinajstić information content (AvgIpc) is 2.66. The molecule has 0 amide bonds. The number of benzene rings is 2. The predicted octanol–water partition coefficient (Wildman–Crippen LogP) is 4.99. The summed E-state index contributed by atoms with van der Waals surface area (Å²) in [7, 11) is 0. The van der Waals surface area contributed by atoms with E-state index in [4.69, 9.17) is 16.2 Å². The van der Waals surface area contributed by atoms with E-state index in [1.165, 1.54) is 11.1 Å². The van der Waals surface area contributed by atoms with Crippen LogP contribution in [-0.2, 0) is 17.6 Å². The molecule has 2 atom stereocenters. The molecule has 0 spiro atoms. The lowest BCUT2D eigenvalue weighted by Crippen LogP contribution is -2.55. The summed E-state index contributed by atoms with van der Waals surface area (Å²) >= 11 is 0. The SMILES string of the molecule is C=Cc1ccc(CC(OC(Cc2ccc(C=C)cc2)C(C)(C)N)C(C)(C)N)cc1. The minimum atomic E-state index is -0.507. The molecule has 2 aromatic carbocycles. The van der Waals surface area contributed by atoms with Crippen LogP contribution in [-0.4, -0.2) is 23.3 Å². The second kappa shape index (κ2) is 9.53. The van der Waals surface area contributed by atoms with Gasteiger partial charge >= 0.3 is 0 Å². The maximum atomic E-state index is 6.61. The van der Waals surface area contributed by atoms with Crippen LogP contribution in [0.5, 0.6) is 0 Å². The molecule has 0 aliphatic carbocycles. The smallest absolute Gasteiger partial charge is 0.0794 e. The van der Waals surface area contributed by atoms with Crippen molar-refractivity contribution < 1.29 is 4.74 Å². The van der Waals surface area contributed by atoms with Gasteiger partial charge in [-0.15, -0.1) is 0 Å². The molecule has 0 fully saturated rings. The zero-order valence-corrected chi connectivity index (χ0v) is 18.3. The zero-order chi connectivity index (χ0) is 21.7. The summed E-state index contributed by atoms with van der Waals surface area (Å²) in [5.41, 5.74) is 16.6. The van der Waals surface area contributed by atoms with Crippen molar-refractivity contribution in [3.05, 3.63) is 83.9 Å². The lowest BCUT2D eigenvalue weighted by atomic mass is 9.89. The Morgan fingerprint density at radius 3 is 1.28 bits per heavy atom. The Balaban J connectivity index is 2.22. The second-order valence-electron chi connectivity index (χ2n) is 9.06. The highest BCUT2D eigenvalue weighted by Gasteiger charge is 2.34. The number of rotatable bonds is 10. The Morgan fingerprint density at radius 1 is 0.724 bits per heavy atom. The molecule has 0 bridgehead atoms. The van der Waals surface area contributed by atoms with Crippen molar-refractivity contribution >= 4 is 12.2 Å².